The maximum Gasteiger partial charge on any atom is 0.264 e. The normalized spacial score (nSPS) is 12.3. The quantitative estimate of drug-likeness (QED) is 0.187. The van der Waals surface area contributed by atoms with Gasteiger partial charge in [-0.1, -0.05) is 94.3 Å². The molecule has 1 atom stereocenters. The minimum atomic E-state index is -4.15. The standard InChI is InChI=1S/C36H40BrN3O4S/c1-26-16-21-32(27(2)22-26)40(45(43,44)31-14-10-7-11-15-31)25-34(41)39(24-29-17-19-30(37)20-18-29)33(35(42)38-36(3,4)5)23-28-12-8-6-9-13-28/h6-22,33H,23-25H2,1-5H3,(H,38,42)/t33-/m1/s1. The Bertz CT molecular complexity index is 1720. The van der Waals surface area contributed by atoms with Crippen molar-refractivity contribution in [2.75, 3.05) is 10.8 Å². The summed E-state index contributed by atoms with van der Waals surface area (Å²) in [5, 5.41) is 3.05. The molecule has 0 aliphatic rings. The van der Waals surface area contributed by atoms with Gasteiger partial charge in [-0.05, 0) is 81.6 Å². The lowest BCUT2D eigenvalue weighted by molar-refractivity contribution is -0.140. The van der Waals surface area contributed by atoms with Gasteiger partial charge < -0.3 is 10.2 Å². The molecule has 4 rings (SSSR count). The summed E-state index contributed by atoms with van der Waals surface area (Å²) in [6.45, 7) is 9.03. The molecule has 0 spiro atoms. The number of halogens is 1. The number of hydrogen-bond acceptors (Lipinski definition) is 4. The number of aryl methyl sites for hydroxylation is 2. The zero-order chi connectivity index (χ0) is 32.8. The Morgan fingerprint density at radius 1 is 0.822 bits per heavy atom. The minimum Gasteiger partial charge on any atom is -0.350 e. The SMILES string of the molecule is Cc1ccc(N(CC(=O)N(Cc2ccc(Br)cc2)[C@H](Cc2ccccc2)C(=O)NC(C)(C)C)S(=O)(=O)c2ccccc2)c(C)c1. The number of nitrogens with zero attached hydrogens (tertiary/aromatic N) is 2. The zero-order valence-corrected chi connectivity index (χ0v) is 28.7. The van der Waals surface area contributed by atoms with Crippen LogP contribution in [0.4, 0.5) is 5.69 Å². The highest BCUT2D eigenvalue weighted by molar-refractivity contribution is 9.10. The summed E-state index contributed by atoms with van der Waals surface area (Å²) in [6.07, 6.45) is 0.250. The lowest BCUT2D eigenvalue weighted by Gasteiger charge is -2.35. The molecule has 9 heteroatoms. The molecule has 4 aromatic rings. The Kier molecular flexibility index (Phi) is 10.9. The number of anilines is 1. The van der Waals surface area contributed by atoms with E-state index >= 15 is 0 Å². The van der Waals surface area contributed by atoms with E-state index in [9.17, 15) is 18.0 Å². The largest absolute Gasteiger partial charge is 0.350 e. The fourth-order valence-corrected chi connectivity index (χ4v) is 6.88. The number of nitrogens with one attached hydrogen (secondary N) is 1. The molecule has 1 N–H and O–H groups in total. The van der Waals surface area contributed by atoms with Gasteiger partial charge in [-0.15, -0.1) is 0 Å². The average Bonchev–Trinajstić information content (AvgIpc) is 2.99. The summed E-state index contributed by atoms with van der Waals surface area (Å²) in [4.78, 5) is 30.1. The Balaban J connectivity index is 1.83. The van der Waals surface area contributed by atoms with E-state index in [2.05, 4.69) is 21.2 Å². The summed E-state index contributed by atoms with van der Waals surface area (Å²) in [6, 6.07) is 29.7. The van der Waals surface area contributed by atoms with Crippen molar-refractivity contribution in [3.8, 4) is 0 Å². The van der Waals surface area contributed by atoms with E-state index in [1.54, 1.807) is 24.3 Å². The molecule has 0 aromatic heterocycles. The third kappa shape index (κ3) is 9.05. The summed E-state index contributed by atoms with van der Waals surface area (Å²) < 4.78 is 30.4. The highest BCUT2D eigenvalue weighted by Gasteiger charge is 2.36. The molecular weight excluding hydrogens is 650 g/mol. The zero-order valence-electron chi connectivity index (χ0n) is 26.3. The third-order valence-corrected chi connectivity index (χ3v) is 9.57. The number of amides is 2. The van der Waals surface area contributed by atoms with Crippen LogP contribution in [0, 0.1) is 13.8 Å². The molecule has 0 saturated carbocycles. The Labute approximate surface area is 275 Å². The van der Waals surface area contributed by atoms with Gasteiger partial charge in [0.2, 0.25) is 11.8 Å². The minimum absolute atomic E-state index is 0.0727. The molecule has 0 aliphatic heterocycles. The average molecular weight is 691 g/mol. The number of hydrogen-bond donors (Lipinski definition) is 1. The van der Waals surface area contributed by atoms with Crippen LogP contribution in [-0.2, 0) is 32.6 Å². The van der Waals surface area contributed by atoms with Gasteiger partial charge in [0.25, 0.3) is 10.0 Å². The molecule has 236 valence electrons. The molecule has 0 bridgehead atoms. The first-order valence-corrected chi connectivity index (χ1v) is 17.0. The maximum atomic E-state index is 14.6. The van der Waals surface area contributed by atoms with Gasteiger partial charge in [0.05, 0.1) is 10.6 Å². The smallest absolute Gasteiger partial charge is 0.264 e. The number of benzene rings is 4. The Morgan fingerprint density at radius 2 is 1.42 bits per heavy atom. The van der Waals surface area contributed by atoms with E-state index in [1.807, 2.05) is 101 Å². The van der Waals surface area contributed by atoms with Gasteiger partial charge in [0.15, 0.2) is 0 Å². The van der Waals surface area contributed by atoms with Crippen molar-refractivity contribution < 1.29 is 18.0 Å². The number of carbonyl (C=O) groups is 2. The van der Waals surface area contributed by atoms with Crippen LogP contribution in [0.3, 0.4) is 0 Å². The van der Waals surface area contributed by atoms with Gasteiger partial charge in [0.1, 0.15) is 12.6 Å². The molecule has 0 unspecified atom stereocenters. The fraction of sp³-hybridized carbons (Fsp3) is 0.278. The predicted octanol–water partition coefficient (Wildman–Crippen LogP) is 6.82. The van der Waals surface area contributed by atoms with Gasteiger partial charge in [-0.25, -0.2) is 8.42 Å². The summed E-state index contributed by atoms with van der Waals surface area (Å²) in [5.74, 6) is -0.816. The van der Waals surface area contributed by atoms with Crippen molar-refractivity contribution in [2.24, 2.45) is 0 Å². The van der Waals surface area contributed by atoms with Crippen LogP contribution in [-0.4, -0.2) is 43.3 Å². The van der Waals surface area contributed by atoms with E-state index in [4.69, 9.17) is 0 Å². The molecule has 4 aromatic carbocycles. The molecule has 0 radical (unpaired) electrons. The second-order valence-corrected chi connectivity index (χ2v) is 15.0. The molecule has 45 heavy (non-hydrogen) atoms. The van der Waals surface area contributed by atoms with Gasteiger partial charge in [-0.2, -0.15) is 0 Å². The van der Waals surface area contributed by atoms with Crippen LogP contribution in [0.5, 0.6) is 0 Å². The molecule has 7 nitrogen and oxygen atoms in total. The van der Waals surface area contributed by atoms with E-state index in [1.165, 1.54) is 17.0 Å². The second kappa shape index (κ2) is 14.4. The first-order chi connectivity index (χ1) is 21.2. The van der Waals surface area contributed by atoms with Crippen molar-refractivity contribution in [3.05, 3.63) is 130 Å². The maximum absolute atomic E-state index is 14.6. The van der Waals surface area contributed by atoms with Crippen LogP contribution in [0.25, 0.3) is 0 Å². The first kappa shape index (κ1) is 33.9. The number of rotatable bonds is 11. The van der Waals surface area contributed by atoms with Gasteiger partial charge >= 0.3 is 0 Å². The van der Waals surface area contributed by atoms with E-state index in [-0.39, 0.29) is 23.8 Å². The molecule has 2 amide bonds. The second-order valence-electron chi connectivity index (χ2n) is 12.2. The predicted molar refractivity (Wildman–Crippen MR) is 183 cm³/mol. The van der Waals surface area contributed by atoms with Crippen molar-refractivity contribution in [2.45, 2.75) is 64.1 Å². The lowest BCUT2D eigenvalue weighted by atomic mass is 10.0. The van der Waals surface area contributed by atoms with Crippen LogP contribution >= 0.6 is 15.9 Å². The van der Waals surface area contributed by atoms with E-state index in [0.717, 1.165) is 25.5 Å². The van der Waals surface area contributed by atoms with Crippen LogP contribution in [0.1, 0.15) is 43.0 Å². The highest BCUT2D eigenvalue weighted by Crippen LogP contribution is 2.28. The topological polar surface area (TPSA) is 86.8 Å². The number of sulfonamides is 1. The molecule has 0 fully saturated rings. The van der Waals surface area contributed by atoms with E-state index in [0.29, 0.717) is 11.3 Å². The summed E-state index contributed by atoms with van der Waals surface area (Å²) in [5.41, 5.74) is 3.21. The van der Waals surface area contributed by atoms with Crippen LogP contribution in [0.2, 0.25) is 0 Å². The molecular formula is C36H40BrN3O4S. The van der Waals surface area contributed by atoms with Crippen molar-refractivity contribution >= 4 is 43.5 Å². The monoisotopic (exact) mass is 689 g/mol. The Hall–Kier alpha value is -3.95. The fourth-order valence-electron chi connectivity index (χ4n) is 5.11. The van der Waals surface area contributed by atoms with Crippen LogP contribution < -0.4 is 9.62 Å². The summed E-state index contributed by atoms with van der Waals surface area (Å²) in [7, 11) is -4.15. The molecule has 0 saturated heterocycles. The number of carbonyl (C=O) groups excluding carboxylic acids is 2. The summed E-state index contributed by atoms with van der Waals surface area (Å²) >= 11 is 3.47. The van der Waals surface area contributed by atoms with Crippen LogP contribution in [0.15, 0.2) is 112 Å². The third-order valence-electron chi connectivity index (χ3n) is 7.27. The first-order valence-electron chi connectivity index (χ1n) is 14.8. The van der Waals surface area contributed by atoms with Gasteiger partial charge in [-0.3, -0.25) is 13.9 Å². The Morgan fingerprint density at radius 3 is 2.00 bits per heavy atom. The van der Waals surface area contributed by atoms with E-state index < -0.39 is 34.1 Å². The van der Waals surface area contributed by atoms with Crippen molar-refractivity contribution in [1.82, 2.24) is 10.2 Å². The van der Waals surface area contributed by atoms with Crippen molar-refractivity contribution in [3.63, 3.8) is 0 Å². The van der Waals surface area contributed by atoms with Crippen molar-refractivity contribution in [1.29, 1.82) is 0 Å². The molecule has 0 aliphatic carbocycles. The van der Waals surface area contributed by atoms with Gasteiger partial charge in [0, 0.05) is 23.0 Å². The highest BCUT2D eigenvalue weighted by atomic mass is 79.9. The lowest BCUT2D eigenvalue weighted by Crippen LogP contribution is -2.56. The molecule has 0 heterocycles.